The molecule has 2 amide bonds. The number of thioether (sulfide) groups is 1. The maximum Gasteiger partial charge on any atom is 0.234 e. The predicted molar refractivity (Wildman–Crippen MR) is 129 cm³/mol. The number of hydrogen-bond acceptors (Lipinski definition) is 5. The van der Waals surface area contributed by atoms with Crippen molar-refractivity contribution in [3.63, 3.8) is 0 Å². The van der Waals surface area contributed by atoms with Crippen molar-refractivity contribution in [3.05, 3.63) is 76.8 Å². The molecule has 10 heteroatoms. The van der Waals surface area contributed by atoms with Crippen LogP contribution in [0.5, 0.6) is 0 Å². The van der Waals surface area contributed by atoms with Crippen LogP contribution in [0.1, 0.15) is 17.0 Å². The molecule has 7 nitrogen and oxygen atoms in total. The van der Waals surface area contributed by atoms with Gasteiger partial charge >= 0.3 is 0 Å². The Kier molecular flexibility index (Phi) is 8.24. The fourth-order valence-corrected chi connectivity index (χ4v) is 4.01. The first-order chi connectivity index (χ1) is 15.8. The first-order valence-electron chi connectivity index (χ1n) is 10.0. The molecule has 0 fully saturated rings. The van der Waals surface area contributed by atoms with Gasteiger partial charge in [0.05, 0.1) is 17.2 Å². The van der Waals surface area contributed by atoms with Crippen molar-refractivity contribution >= 4 is 46.6 Å². The largest absolute Gasteiger partial charge is 0.325 e. The highest BCUT2D eigenvalue weighted by molar-refractivity contribution is 7.99. The Bertz CT molecular complexity index is 1200. The lowest BCUT2D eigenvalue weighted by molar-refractivity contribution is -0.116. The number of benzene rings is 2. The second-order valence-corrected chi connectivity index (χ2v) is 8.66. The minimum Gasteiger partial charge on any atom is -0.325 e. The van der Waals surface area contributed by atoms with Crippen LogP contribution >= 0.6 is 23.4 Å². The topological polar surface area (TPSA) is 88.9 Å². The molecular weight excluding hydrogens is 465 g/mol. The first kappa shape index (κ1) is 24.5. The van der Waals surface area contributed by atoms with Gasteiger partial charge in [0.2, 0.25) is 11.8 Å². The minimum absolute atomic E-state index is 0.0228. The number of aryl methyl sites for hydroxylation is 2. The molecule has 0 unspecified atom stereocenters. The molecule has 172 valence electrons. The summed E-state index contributed by atoms with van der Waals surface area (Å²) >= 11 is 6.91. The number of hydrogen-bond donors (Lipinski definition) is 2. The third kappa shape index (κ3) is 6.66. The van der Waals surface area contributed by atoms with E-state index in [9.17, 15) is 14.0 Å². The lowest BCUT2D eigenvalue weighted by atomic mass is 10.1. The van der Waals surface area contributed by atoms with Gasteiger partial charge < -0.3 is 15.2 Å². The molecule has 0 saturated heterocycles. The zero-order chi connectivity index (χ0) is 24.0. The van der Waals surface area contributed by atoms with Gasteiger partial charge in [-0.15, -0.1) is 16.8 Å². The van der Waals surface area contributed by atoms with E-state index in [-0.39, 0.29) is 29.0 Å². The van der Waals surface area contributed by atoms with Gasteiger partial charge in [-0.05, 0) is 43.7 Å². The summed E-state index contributed by atoms with van der Waals surface area (Å²) in [7, 11) is 0. The smallest absolute Gasteiger partial charge is 0.234 e. The highest BCUT2D eigenvalue weighted by atomic mass is 35.5. The molecule has 0 saturated carbocycles. The fraction of sp³-hybridized carbons (Fsp3) is 0.217. The van der Waals surface area contributed by atoms with E-state index in [1.54, 1.807) is 10.6 Å². The van der Waals surface area contributed by atoms with Crippen molar-refractivity contribution < 1.29 is 14.0 Å². The zero-order valence-electron chi connectivity index (χ0n) is 18.2. The van der Waals surface area contributed by atoms with Crippen LogP contribution in [0.4, 0.5) is 15.8 Å². The van der Waals surface area contributed by atoms with Crippen LogP contribution in [0.3, 0.4) is 0 Å². The van der Waals surface area contributed by atoms with Crippen molar-refractivity contribution in [3.8, 4) is 0 Å². The number of carbonyl (C=O) groups is 2. The van der Waals surface area contributed by atoms with Crippen molar-refractivity contribution in [2.45, 2.75) is 32.0 Å². The SMILES string of the molecule is C=CCn1c(CC(=O)Nc2ccc(C)cc2C)nnc1SCC(=O)Nc1ccc(F)c(Cl)c1. The summed E-state index contributed by atoms with van der Waals surface area (Å²) in [5.41, 5.74) is 3.22. The molecule has 0 spiro atoms. The molecule has 0 aliphatic carbocycles. The molecule has 3 rings (SSSR count). The number of halogens is 2. The Morgan fingerprint density at radius 1 is 1.15 bits per heavy atom. The highest BCUT2D eigenvalue weighted by Gasteiger charge is 2.17. The first-order valence-corrected chi connectivity index (χ1v) is 11.4. The number of carbonyl (C=O) groups excluding carboxylic acids is 2. The molecule has 0 radical (unpaired) electrons. The van der Waals surface area contributed by atoms with E-state index in [4.69, 9.17) is 11.6 Å². The average Bonchev–Trinajstić information content (AvgIpc) is 3.13. The van der Waals surface area contributed by atoms with Gasteiger partial charge in [-0.25, -0.2) is 4.39 Å². The number of nitrogens with one attached hydrogen (secondary N) is 2. The standard InChI is InChI=1S/C23H23ClFN5O2S/c1-4-9-30-20(12-21(31)27-19-8-5-14(2)10-15(19)3)28-29-23(30)33-13-22(32)26-16-6-7-18(25)17(24)11-16/h4-8,10-11H,1,9,12-13H2,2-3H3,(H,26,32)(H,27,31). The number of rotatable bonds is 9. The second-order valence-electron chi connectivity index (χ2n) is 7.31. The van der Waals surface area contributed by atoms with Gasteiger partial charge in [-0.1, -0.05) is 47.1 Å². The molecule has 0 aliphatic rings. The van der Waals surface area contributed by atoms with Gasteiger partial charge in [0.15, 0.2) is 5.16 Å². The molecule has 0 atom stereocenters. The Morgan fingerprint density at radius 3 is 2.64 bits per heavy atom. The minimum atomic E-state index is -0.560. The Labute approximate surface area is 200 Å². The highest BCUT2D eigenvalue weighted by Crippen LogP contribution is 2.22. The molecule has 33 heavy (non-hydrogen) atoms. The average molecular weight is 488 g/mol. The van der Waals surface area contributed by atoms with Crippen LogP contribution in [0.25, 0.3) is 0 Å². The number of anilines is 2. The van der Waals surface area contributed by atoms with Crippen LogP contribution in [0, 0.1) is 19.7 Å². The summed E-state index contributed by atoms with van der Waals surface area (Å²) in [6, 6.07) is 9.74. The summed E-state index contributed by atoms with van der Waals surface area (Å²) < 4.78 is 15.0. The summed E-state index contributed by atoms with van der Waals surface area (Å²) in [5, 5.41) is 14.2. The number of allylic oxidation sites excluding steroid dienone is 1. The molecule has 0 aliphatic heterocycles. The van der Waals surface area contributed by atoms with Crippen LogP contribution < -0.4 is 10.6 Å². The fourth-order valence-electron chi connectivity index (χ4n) is 3.06. The van der Waals surface area contributed by atoms with Crippen molar-refractivity contribution in [1.82, 2.24) is 14.8 Å². The Morgan fingerprint density at radius 2 is 1.94 bits per heavy atom. The summed E-state index contributed by atoms with van der Waals surface area (Å²) in [5.74, 6) is -0.591. The van der Waals surface area contributed by atoms with E-state index < -0.39 is 5.82 Å². The lowest BCUT2D eigenvalue weighted by Crippen LogP contribution is -2.18. The summed E-state index contributed by atoms with van der Waals surface area (Å²) in [6.07, 6.45) is 1.69. The van der Waals surface area contributed by atoms with Crippen LogP contribution in [-0.2, 0) is 22.6 Å². The van der Waals surface area contributed by atoms with Crippen molar-refractivity contribution in [2.24, 2.45) is 0 Å². The molecule has 1 aromatic heterocycles. The predicted octanol–water partition coefficient (Wildman–Crippen LogP) is 4.79. The molecule has 1 heterocycles. The van der Waals surface area contributed by atoms with Gasteiger partial charge in [-0.2, -0.15) is 0 Å². The van der Waals surface area contributed by atoms with Crippen LogP contribution in [0.2, 0.25) is 5.02 Å². The van der Waals surface area contributed by atoms with E-state index in [1.165, 1.54) is 30.0 Å². The van der Waals surface area contributed by atoms with Gasteiger partial charge in [0.1, 0.15) is 11.6 Å². The Balaban J connectivity index is 1.63. The second kappa shape index (κ2) is 11.1. The van der Waals surface area contributed by atoms with Gasteiger partial charge in [-0.3, -0.25) is 9.59 Å². The summed E-state index contributed by atoms with van der Waals surface area (Å²) in [6.45, 7) is 8.05. The normalized spacial score (nSPS) is 10.7. The number of aromatic nitrogens is 3. The third-order valence-electron chi connectivity index (χ3n) is 4.62. The lowest BCUT2D eigenvalue weighted by Gasteiger charge is -2.10. The van der Waals surface area contributed by atoms with Crippen LogP contribution in [-0.4, -0.2) is 32.3 Å². The molecular formula is C23H23ClFN5O2S. The van der Waals surface area contributed by atoms with Crippen molar-refractivity contribution in [1.29, 1.82) is 0 Å². The van der Waals surface area contributed by atoms with E-state index in [2.05, 4.69) is 27.4 Å². The summed E-state index contributed by atoms with van der Waals surface area (Å²) in [4.78, 5) is 24.9. The van der Waals surface area contributed by atoms with Crippen molar-refractivity contribution in [2.75, 3.05) is 16.4 Å². The maximum absolute atomic E-state index is 13.3. The molecule has 3 aromatic rings. The molecule has 0 bridgehead atoms. The Hall–Kier alpha value is -3.17. The molecule has 2 aromatic carbocycles. The quantitative estimate of drug-likeness (QED) is 0.335. The van der Waals surface area contributed by atoms with Crippen LogP contribution in [0.15, 0.2) is 54.2 Å². The number of amides is 2. The monoisotopic (exact) mass is 487 g/mol. The van der Waals surface area contributed by atoms with E-state index in [0.29, 0.717) is 23.2 Å². The third-order valence-corrected chi connectivity index (χ3v) is 5.87. The van der Waals surface area contributed by atoms with Gasteiger partial charge in [0, 0.05) is 17.9 Å². The van der Waals surface area contributed by atoms with E-state index in [1.807, 2.05) is 32.0 Å². The maximum atomic E-state index is 13.3. The van der Waals surface area contributed by atoms with Gasteiger partial charge in [0.25, 0.3) is 0 Å². The van der Waals surface area contributed by atoms with E-state index in [0.717, 1.165) is 16.8 Å². The zero-order valence-corrected chi connectivity index (χ0v) is 19.8. The molecule has 2 N–H and O–H groups in total. The number of nitrogens with zero attached hydrogens (tertiary/aromatic N) is 3. The van der Waals surface area contributed by atoms with E-state index >= 15 is 0 Å².